The second-order valence-electron chi connectivity index (χ2n) is 7.17. The lowest BCUT2D eigenvalue weighted by molar-refractivity contribution is -0.146. The normalized spacial score (nSPS) is 16.2. The van der Waals surface area contributed by atoms with E-state index < -0.39 is 12.1 Å². The number of phenols is 2. The molecule has 2 atom stereocenters. The lowest BCUT2D eigenvalue weighted by Gasteiger charge is -2.41. The van der Waals surface area contributed by atoms with E-state index >= 15 is 0 Å². The minimum atomic E-state index is -0.777. The number of nitrogens with zero attached hydrogens (tertiary/aromatic N) is 1. The minimum absolute atomic E-state index is 0.105. The number of aryl methyl sites for hydroxylation is 1. The molecule has 1 heterocycles. The van der Waals surface area contributed by atoms with Gasteiger partial charge in [-0.25, -0.2) is 0 Å². The smallest absolute Gasteiger partial charge is 0.306 e. The summed E-state index contributed by atoms with van der Waals surface area (Å²) in [5.41, 5.74) is 0.678. The van der Waals surface area contributed by atoms with E-state index in [-0.39, 0.29) is 47.2 Å². The molecule has 170 valence electrons. The molecular formula is C21H28N2O7S. The van der Waals surface area contributed by atoms with Crippen LogP contribution in [-0.4, -0.2) is 69.0 Å². The van der Waals surface area contributed by atoms with Gasteiger partial charge < -0.3 is 25.2 Å². The first-order chi connectivity index (χ1) is 14.7. The van der Waals surface area contributed by atoms with Gasteiger partial charge in [0.15, 0.2) is 11.5 Å². The van der Waals surface area contributed by atoms with Crippen molar-refractivity contribution in [2.45, 2.75) is 51.6 Å². The summed E-state index contributed by atoms with van der Waals surface area (Å²) in [7, 11) is 0. The summed E-state index contributed by atoms with van der Waals surface area (Å²) in [4.78, 5) is 49.9. The molecule has 0 bridgehead atoms. The van der Waals surface area contributed by atoms with Gasteiger partial charge in [-0.15, -0.1) is 0 Å². The van der Waals surface area contributed by atoms with E-state index in [9.17, 15) is 29.4 Å². The SMILES string of the molecule is CCOC(=O)CCSC(=O)C1CCN1C(=O)C(C)NC(=O)CCc1ccc(O)c(O)c1. The maximum atomic E-state index is 12.6. The lowest BCUT2D eigenvalue weighted by atomic mass is 10.0. The van der Waals surface area contributed by atoms with Crippen molar-refractivity contribution in [2.24, 2.45) is 0 Å². The standard InChI is InChI=1S/C21H28N2O7S/c1-3-30-19(27)9-11-31-21(29)15-8-10-23(15)20(28)13(2)22-18(26)7-5-14-4-6-16(24)17(25)12-14/h4,6,12-13,15,24-25H,3,5,7-11H2,1-2H3,(H,22,26). The number of likely N-dealkylation sites (tertiary alicyclic amines) is 1. The van der Waals surface area contributed by atoms with Crippen molar-refractivity contribution in [1.29, 1.82) is 0 Å². The first-order valence-electron chi connectivity index (χ1n) is 10.2. The summed E-state index contributed by atoms with van der Waals surface area (Å²) in [5.74, 6) is -1.20. The van der Waals surface area contributed by atoms with Crippen molar-refractivity contribution in [3.63, 3.8) is 0 Å². The summed E-state index contributed by atoms with van der Waals surface area (Å²) in [6.07, 6.45) is 1.13. The number of carbonyl (C=O) groups is 4. The summed E-state index contributed by atoms with van der Waals surface area (Å²) in [5, 5.41) is 21.3. The zero-order valence-corrected chi connectivity index (χ0v) is 18.4. The van der Waals surface area contributed by atoms with Crippen LogP contribution in [0.2, 0.25) is 0 Å². The number of phenolic OH excluding ortho intramolecular Hbond substituents is 2. The Hall–Kier alpha value is -2.75. The predicted octanol–water partition coefficient (Wildman–Crippen LogP) is 1.35. The molecule has 1 fully saturated rings. The molecule has 31 heavy (non-hydrogen) atoms. The van der Waals surface area contributed by atoms with Crippen LogP contribution in [0.5, 0.6) is 11.5 Å². The Morgan fingerprint density at radius 3 is 2.58 bits per heavy atom. The van der Waals surface area contributed by atoms with Gasteiger partial charge >= 0.3 is 5.97 Å². The average molecular weight is 453 g/mol. The van der Waals surface area contributed by atoms with Crippen LogP contribution in [0.3, 0.4) is 0 Å². The summed E-state index contributed by atoms with van der Waals surface area (Å²) < 4.78 is 4.82. The molecule has 3 N–H and O–H groups in total. The van der Waals surface area contributed by atoms with Gasteiger partial charge in [0, 0.05) is 18.7 Å². The molecule has 2 amide bonds. The molecule has 9 nitrogen and oxygen atoms in total. The number of hydrogen-bond acceptors (Lipinski definition) is 8. The number of hydrogen-bond donors (Lipinski definition) is 3. The van der Waals surface area contributed by atoms with E-state index in [0.29, 0.717) is 37.3 Å². The van der Waals surface area contributed by atoms with E-state index in [1.165, 1.54) is 17.0 Å². The third-order valence-electron chi connectivity index (χ3n) is 4.86. The van der Waals surface area contributed by atoms with Gasteiger partial charge in [0.2, 0.25) is 16.9 Å². The lowest BCUT2D eigenvalue weighted by Crippen LogP contribution is -2.59. The summed E-state index contributed by atoms with van der Waals surface area (Å²) >= 11 is 1.01. The van der Waals surface area contributed by atoms with Crippen molar-refractivity contribution in [2.75, 3.05) is 18.9 Å². The summed E-state index contributed by atoms with van der Waals surface area (Å²) in [6.45, 7) is 4.02. The highest BCUT2D eigenvalue weighted by molar-refractivity contribution is 8.13. The van der Waals surface area contributed by atoms with E-state index in [0.717, 1.165) is 11.8 Å². The van der Waals surface area contributed by atoms with E-state index in [4.69, 9.17) is 4.74 Å². The van der Waals surface area contributed by atoms with Crippen LogP contribution in [0.25, 0.3) is 0 Å². The molecule has 0 aromatic heterocycles. The number of carbonyl (C=O) groups excluding carboxylic acids is 4. The van der Waals surface area contributed by atoms with E-state index in [2.05, 4.69) is 5.32 Å². The Morgan fingerprint density at radius 1 is 1.23 bits per heavy atom. The van der Waals surface area contributed by atoms with Crippen molar-refractivity contribution in [3.05, 3.63) is 23.8 Å². The number of nitrogens with one attached hydrogen (secondary N) is 1. The van der Waals surface area contributed by atoms with Crippen molar-refractivity contribution in [1.82, 2.24) is 10.2 Å². The van der Waals surface area contributed by atoms with Crippen LogP contribution >= 0.6 is 11.8 Å². The van der Waals surface area contributed by atoms with Gasteiger partial charge in [0.1, 0.15) is 12.1 Å². The third kappa shape index (κ3) is 7.16. The van der Waals surface area contributed by atoms with Crippen LogP contribution in [0.15, 0.2) is 18.2 Å². The van der Waals surface area contributed by atoms with Crippen molar-refractivity contribution < 1.29 is 34.1 Å². The predicted molar refractivity (Wildman–Crippen MR) is 115 cm³/mol. The van der Waals surface area contributed by atoms with Gasteiger partial charge in [-0.2, -0.15) is 0 Å². The molecule has 1 aliphatic rings. The molecular weight excluding hydrogens is 424 g/mol. The Morgan fingerprint density at radius 2 is 1.97 bits per heavy atom. The molecule has 0 aliphatic carbocycles. The summed E-state index contributed by atoms with van der Waals surface area (Å²) in [6, 6.07) is 3.01. The first-order valence-corrected chi connectivity index (χ1v) is 11.1. The molecule has 1 aromatic carbocycles. The van der Waals surface area contributed by atoms with Crippen LogP contribution in [-0.2, 0) is 30.3 Å². The fourth-order valence-electron chi connectivity index (χ4n) is 3.07. The number of ether oxygens (including phenoxy) is 1. The molecule has 1 aromatic rings. The second-order valence-corrected chi connectivity index (χ2v) is 8.27. The Balaban J connectivity index is 1.75. The van der Waals surface area contributed by atoms with Crippen LogP contribution in [0, 0.1) is 0 Å². The maximum absolute atomic E-state index is 12.6. The average Bonchev–Trinajstić information content (AvgIpc) is 2.68. The van der Waals surface area contributed by atoms with Crippen molar-refractivity contribution >= 4 is 34.7 Å². The molecule has 0 saturated carbocycles. The molecule has 2 unspecified atom stereocenters. The van der Waals surface area contributed by atoms with Crippen molar-refractivity contribution in [3.8, 4) is 11.5 Å². The Labute approximate surface area is 185 Å². The fraction of sp³-hybridized carbons (Fsp3) is 0.524. The number of rotatable bonds is 10. The third-order valence-corrected chi connectivity index (χ3v) is 5.82. The monoisotopic (exact) mass is 452 g/mol. The number of aromatic hydroxyl groups is 2. The molecule has 10 heteroatoms. The van der Waals surface area contributed by atoms with Gasteiger partial charge in [0.05, 0.1) is 13.0 Å². The van der Waals surface area contributed by atoms with E-state index in [1.54, 1.807) is 19.9 Å². The first kappa shape index (κ1) is 24.5. The number of esters is 1. The van der Waals surface area contributed by atoms with Gasteiger partial charge in [-0.1, -0.05) is 17.8 Å². The number of amides is 2. The zero-order valence-electron chi connectivity index (χ0n) is 17.6. The second kappa shape index (κ2) is 11.6. The minimum Gasteiger partial charge on any atom is -0.504 e. The molecule has 0 spiro atoms. The van der Waals surface area contributed by atoms with Gasteiger partial charge in [-0.3, -0.25) is 19.2 Å². The zero-order chi connectivity index (χ0) is 23.0. The molecule has 0 radical (unpaired) electrons. The fourth-order valence-corrected chi connectivity index (χ4v) is 3.97. The molecule has 2 rings (SSSR count). The topological polar surface area (TPSA) is 133 Å². The van der Waals surface area contributed by atoms with Crippen LogP contribution in [0.1, 0.15) is 38.7 Å². The highest BCUT2D eigenvalue weighted by Gasteiger charge is 2.39. The Bertz CT molecular complexity index is 830. The molecule has 1 aliphatic heterocycles. The number of thioether (sulfide) groups is 1. The van der Waals surface area contributed by atoms with E-state index in [1.807, 2.05) is 0 Å². The molecule has 1 saturated heterocycles. The quantitative estimate of drug-likeness (QED) is 0.358. The van der Waals surface area contributed by atoms with Gasteiger partial charge in [0.25, 0.3) is 0 Å². The highest BCUT2D eigenvalue weighted by Crippen LogP contribution is 2.26. The Kier molecular flexibility index (Phi) is 9.17. The van der Waals surface area contributed by atoms with Crippen LogP contribution in [0.4, 0.5) is 0 Å². The maximum Gasteiger partial charge on any atom is 0.306 e. The highest BCUT2D eigenvalue weighted by atomic mass is 32.2. The van der Waals surface area contributed by atoms with Crippen LogP contribution < -0.4 is 5.32 Å². The number of benzene rings is 1. The largest absolute Gasteiger partial charge is 0.504 e. The van der Waals surface area contributed by atoms with Gasteiger partial charge in [-0.05, 0) is 44.4 Å².